The zero-order valence-corrected chi connectivity index (χ0v) is 12.8. The summed E-state index contributed by atoms with van der Waals surface area (Å²) in [5.74, 6) is 0.163. The summed E-state index contributed by atoms with van der Waals surface area (Å²) in [5, 5.41) is 4.26. The van der Waals surface area contributed by atoms with E-state index in [1.807, 2.05) is 12.1 Å². The van der Waals surface area contributed by atoms with Crippen LogP contribution in [0, 0.1) is 18.7 Å². The predicted molar refractivity (Wildman–Crippen MR) is 85.4 cm³/mol. The van der Waals surface area contributed by atoms with Crippen LogP contribution >= 0.6 is 0 Å². The summed E-state index contributed by atoms with van der Waals surface area (Å²) in [6.07, 6.45) is 5.26. The number of nitrogens with zero attached hydrogens (tertiary/aromatic N) is 3. The number of fused-ring (bicyclic) bond motifs is 1. The molecule has 116 valence electrons. The molecule has 0 unspecified atom stereocenters. The Bertz CT molecular complexity index is 912. The van der Waals surface area contributed by atoms with Crippen LogP contribution in [0.25, 0.3) is 22.2 Å². The molecule has 0 saturated heterocycles. The SMILES string of the molecule is Cc1cccc(-c2cnc3cnn(CC(=O)C4CC4)c3c2)c1F. The molecule has 1 aromatic carbocycles. The number of halogens is 1. The van der Waals surface area contributed by atoms with E-state index >= 15 is 0 Å². The van der Waals surface area contributed by atoms with Gasteiger partial charge in [0.2, 0.25) is 0 Å². The van der Waals surface area contributed by atoms with Crippen molar-refractivity contribution in [1.82, 2.24) is 14.8 Å². The lowest BCUT2D eigenvalue weighted by Gasteiger charge is -2.07. The Balaban J connectivity index is 1.77. The molecular formula is C18H16FN3O. The highest BCUT2D eigenvalue weighted by Crippen LogP contribution is 2.31. The molecular weight excluding hydrogens is 293 g/mol. The first-order chi connectivity index (χ1) is 11.1. The van der Waals surface area contributed by atoms with Crippen molar-refractivity contribution in [2.24, 2.45) is 5.92 Å². The van der Waals surface area contributed by atoms with Gasteiger partial charge in [-0.1, -0.05) is 18.2 Å². The molecule has 0 N–H and O–H groups in total. The lowest BCUT2D eigenvalue weighted by atomic mass is 10.0. The first-order valence-corrected chi connectivity index (χ1v) is 7.73. The average Bonchev–Trinajstić information content (AvgIpc) is 3.33. The Labute approximate surface area is 133 Å². The minimum absolute atomic E-state index is 0.194. The third-order valence-electron chi connectivity index (χ3n) is 4.34. The van der Waals surface area contributed by atoms with E-state index in [1.54, 1.807) is 36.1 Å². The van der Waals surface area contributed by atoms with Gasteiger partial charge in [-0.15, -0.1) is 0 Å². The predicted octanol–water partition coefficient (Wildman–Crippen LogP) is 3.52. The zero-order chi connectivity index (χ0) is 16.0. The summed E-state index contributed by atoms with van der Waals surface area (Å²) in [7, 11) is 0. The minimum atomic E-state index is -0.242. The van der Waals surface area contributed by atoms with Crippen LogP contribution in [0.2, 0.25) is 0 Å². The zero-order valence-electron chi connectivity index (χ0n) is 12.8. The monoisotopic (exact) mass is 309 g/mol. The molecule has 0 atom stereocenters. The number of Topliss-reactive ketones (excluding diaryl/α,β-unsaturated/α-hetero) is 1. The van der Waals surface area contributed by atoms with Crippen molar-refractivity contribution >= 4 is 16.8 Å². The minimum Gasteiger partial charge on any atom is -0.297 e. The Kier molecular flexibility index (Phi) is 3.22. The first-order valence-electron chi connectivity index (χ1n) is 7.73. The molecule has 1 aliphatic rings. The number of hydrogen-bond donors (Lipinski definition) is 0. The van der Waals surface area contributed by atoms with Gasteiger partial charge >= 0.3 is 0 Å². The van der Waals surface area contributed by atoms with Crippen molar-refractivity contribution in [1.29, 1.82) is 0 Å². The summed E-state index contributed by atoms with van der Waals surface area (Å²) in [6, 6.07) is 7.16. The fraction of sp³-hybridized carbons (Fsp3) is 0.278. The maximum Gasteiger partial charge on any atom is 0.157 e. The molecule has 5 heteroatoms. The van der Waals surface area contributed by atoms with Gasteiger partial charge in [-0.05, 0) is 31.4 Å². The van der Waals surface area contributed by atoms with Crippen LogP contribution in [0.4, 0.5) is 4.39 Å². The molecule has 2 aromatic heterocycles. The largest absolute Gasteiger partial charge is 0.297 e. The molecule has 1 aliphatic carbocycles. The number of rotatable bonds is 4. The third-order valence-corrected chi connectivity index (χ3v) is 4.34. The number of aryl methyl sites for hydroxylation is 1. The van der Waals surface area contributed by atoms with Crippen molar-refractivity contribution in [3.05, 3.63) is 48.0 Å². The van der Waals surface area contributed by atoms with Gasteiger partial charge in [0.1, 0.15) is 17.9 Å². The average molecular weight is 309 g/mol. The molecule has 1 saturated carbocycles. The van der Waals surface area contributed by atoms with E-state index in [2.05, 4.69) is 10.1 Å². The second-order valence-electron chi connectivity index (χ2n) is 6.11. The van der Waals surface area contributed by atoms with Gasteiger partial charge in [0.05, 0.1) is 11.7 Å². The summed E-state index contributed by atoms with van der Waals surface area (Å²) >= 11 is 0. The van der Waals surface area contributed by atoms with Crippen LogP contribution < -0.4 is 0 Å². The molecule has 23 heavy (non-hydrogen) atoms. The number of carbonyl (C=O) groups is 1. The molecule has 4 rings (SSSR count). The fourth-order valence-electron chi connectivity index (χ4n) is 2.78. The molecule has 0 radical (unpaired) electrons. The smallest absolute Gasteiger partial charge is 0.157 e. The molecule has 4 nitrogen and oxygen atoms in total. The molecule has 0 spiro atoms. The van der Waals surface area contributed by atoms with E-state index < -0.39 is 0 Å². The van der Waals surface area contributed by atoms with Gasteiger partial charge in [0.25, 0.3) is 0 Å². The lowest BCUT2D eigenvalue weighted by molar-refractivity contribution is -0.120. The maximum atomic E-state index is 14.3. The maximum absolute atomic E-state index is 14.3. The van der Waals surface area contributed by atoms with E-state index in [0.717, 1.165) is 18.4 Å². The Morgan fingerprint density at radius 3 is 2.96 bits per heavy atom. The van der Waals surface area contributed by atoms with Crippen LogP contribution in [-0.2, 0) is 11.3 Å². The van der Waals surface area contributed by atoms with E-state index in [0.29, 0.717) is 22.2 Å². The van der Waals surface area contributed by atoms with Crippen LogP contribution in [-0.4, -0.2) is 20.5 Å². The third kappa shape index (κ3) is 2.52. The highest BCUT2D eigenvalue weighted by molar-refractivity contribution is 5.86. The standard InChI is InChI=1S/C18H16FN3O/c1-11-3-2-4-14(18(11)19)13-7-16-15(20-8-13)9-21-22(16)10-17(23)12-5-6-12/h2-4,7-9,12H,5-6,10H2,1H3. The Morgan fingerprint density at radius 2 is 2.17 bits per heavy atom. The molecule has 2 heterocycles. The first kappa shape index (κ1) is 14.1. The number of ketones is 1. The Morgan fingerprint density at radius 1 is 1.35 bits per heavy atom. The molecule has 0 bridgehead atoms. The Hall–Kier alpha value is -2.56. The molecule has 3 aromatic rings. The summed E-state index contributed by atoms with van der Waals surface area (Å²) in [4.78, 5) is 16.4. The van der Waals surface area contributed by atoms with Crippen molar-refractivity contribution in [3.8, 4) is 11.1 Å². The second kappa shape index (κ2) is 5.26. The van der Waals surface area contributed by atoms with Gasteiger partial charge in [-0.3, -0.25) is 14.5 Å². The summed E-state index contributed by atoms with van der Waals surface area (Å²) in [6.45, 7) is 2.00. The van der Waals surface area contributed by atoms with Gasteiger partial charge < -0.3 is 0 Å². The van der Waals surface area contributed by atoms with Gasteiger partial charge in [0, 0.05) is 23.2 Å². The van der Waals surface area contributed by atoms with Gasteiger partial charge in [-0.25, -0.2) is 4.39 Å². The van der Waals surface area contributed by atoms with Crippen molar-refractivity contribution in [2.75, 3.05) is 0 Å². The molecule has 0 amide bonds. The molecule has 1 fully saturated rings. The van der Waals surface area contributed by atoms with Crippen LogP contribution in [0.3, 0.4) is 0 Å². The van der Waals surface area contributed by atoms with Gasteiger partial charge in [-0.2, -0.15) is 5.10 Å². The number of pyridine rings is 1. The van der Waals surface area contributed by atoms with Crippen LogP contribution in [0.5, 0.6) is 0 Å². The number of hydrogen-bond acceptors (Lipinski definition) is 3. The van der Waals surface area contributed by atoms with Crippen molar-refractivity contribution < 1.29 is 9.18 Å². The number of carbonyl (C=O) groups excluding carboxylic acids is 1. The fourth-order valence-corrected chi connectivity index (χ4v) is 2.78. The highest BCUT2D eigenvalue weighted by Gasteiger charge is 2.29. The summed E-state index contributed by atoms with van der Waals surface area (Å²) < 4.78 is 16.0. The highest BCUT2D eigenvalue weighted by atomic mass is 19.1. The lowest BCUT2D eigenvalue weighted by Crippen LogP contribution is -2.12. The van der Waals surface area contributed by atoms with Crippen LogP contribution in [0.1, 0.15) is 18.4 Å². The van der Waals surface area contributed by atoms with Gasteiger partial charge in [0.15, 0.2) is 5.78 Å². The van der Waals surface area contributed by atoms with Crippen molar-refractivity contribution in [2.45, 2.75) is 26.3 Å². The number of benzene rings is 1. The van der Waals surface area contributed by atoms with E-state index in [-0.39, 0.29) is 24.1 Å². The van der Waals surface area contributed by atoms with E-state index in [1.165, 1.54) is 0 Å². The summed E-state index contributed by atoms with van der Waals surface area (Å²) in [5.41, 5.74) is 3.28. The molecule has 0 aliphatic heterocycles. The number of aromatic nitrogens is 3. The van der Waals surface area contributed by atoms with Crippen molar-refractivity contribution in [3.63, 3.8) is 0 Å². The van der Waals surface area contributed by atoms with Crippen LogP contribution in [0.15, 0.2) is 36.7 Å². The van der Waals surface area contributed by atoms with E-state index in [4.69, 9.17) is 0 Å². The topological polar surface area (TPSA) is 47.8 Å². The van der Waals surface area contributed by atoms with E-state index in [9.17, 15) is 9.18 Å². The second-order valence-corrected chi connectivity index (χ2v) is 6.11. The normalized spacial score (nSPS) is 14.3. The quantitative estimate of drug-likeness (QED) is 0.741.